The second kappa shape index (κ2) is 5.50. The van der Waals surface area contributed by atoms with E-state index < -0.39 is 5.54 Å². The summed E-state index contributed by atoms with van der Waals surface area (Å²) < 4.78 is 5.28. The molecule has 0 fully saturated rings. The number of nitrogens with zero attached hydrogens (tertiary/aromatic N) is 2. The molecule has 1 aromatic carbocycles. The first kappa shape index (κ1) is 13.7. The van der Waals surface area contributed by atoms with E-state index in [2.05, 4.69) is 17.1 Å². The average molecular weight is 260 g/mol. The monoisotopic (exact) mass is 260 g/mol. The molecule has 102 valence electrons. The molecule has 2 aromatic rings. The predicted octanol–water partition coefficient (Wildman–Crippen LogP) is 2.17. The predicted molar refractivity (Wildman–Crippen MR) is 74.1 cm³/mol. The van der Waals surface area contributed by atoms with Crippen molar-refractivity contribution in [1.82, 2.24) is 10.1 Å². The summed E-state index contributed by atoms with van der Waals surface area (Å²) in [6.45, 7) is 4.51. The molecule has 5 heteroatoms. The molecule has 4 N–H and O–H groups in total. The number of hydrogen-bond acceptors (Lipinski definition) is 5. The van der Waals surface area contributed by atoms with Gasteiger partial charge in [0, 0.05) is 12.1 Å². The Morgan fingerprint density at radius 3 is 2.53 bits per heavy atom. The lowest BCUT2D eigenvalue weighted by Crippen LogP contribution is -2.33. The van der Waals surface area contributed by atoms with Gasteiger partial charge in [0.15, 0.2) is 0 Å². The normalized spacial score (nSPS) is 14.3. The van der Waals surface area contributed by atoms with Crippen LogP contribution < -0.4 is 11.5 Å². The Balaban J connectivity index is 2.25. The standard InChI is InChI=1S/C14H20N4O/c1-3-8-14(2,16)13-17-12(18-19-13)11-6-4-10(9-15)5-7-11/h4-7H,3,8-9,15-16H2,1-2H3. The lowest BCUT2D eigenvalue weighted by molar-refractivity contribution is 0.284. The number of aromatic nitrogens is 2. The molecular formula is C14H20N4O. The highest BCUT2D eigenvalue weighted by atomic mass is 16.5. The average Bonchev–Trinajstić information content (AvgIpc) is 2.89. The van der Waals surface area contributed by atoms with Crippen molar-refractivity contribution in [3.63, 3.8) is 0 Å². The zero-order valence-corrected chi connectivity index (χ0v) is 11.4. The molecule has 2 rings (SSSR count). The number of benzene rings is 1. The van der Waals surface area contributed by atoms with Crippen molar-refractivity contribution >= 4 is 0 Å². The second-order valence-electron chi connectivity index (χ2n) is 4.99. The van der Waals surface area contributed by atoms with E-state index in [4.69, 9.17) is 16.0 Å². The fourth-order valence-corrected chi connectivity index (χ4v) is 1.99. The topological polar surface area (TPSA) is 91.0 Å². The van der Waals surface area contributed by atoms with Gasteiger partial charge in [-0.3, -0.25) is 0 Å². The summed E-state index contributed by atoms with van der Waals surface area (Å²) in [4.78, 5) is 4.39. The fraction of sp³-hybridized carbons (Fsp3) is 0.429. The molecule has 19 heavy (non-hydrogen) atoms. The largest absolute Gasteiger partial charge is 0.337 e. The molecule has 0 aliphatic carbocycles. The lowest BCUT2D eigenvalue weighted by Gasteiger charge is -2.18. The Labute approximate surface area is 113 Å². The number of rotatable bonds is 5. The Hall–Kier alpha value is -1.72. The van der Waals surface area contributed by atoms with Gasteiger partial charge in [0.1, 0.15) is 0 Å². The minimum Gasteiger partial charge on any atom is -0.337 e. The molecule has 1 aromatic heterocycles. The molecule has 5 nitrogen and oxygen atoms in total. The zero-order valence-electron chi connectivity index (χ0n) is 11.4. The van der Waals surface area contributed by atoms with Crippen LogP contribution in [0.25, 0.3) is 11.4 Å². The third-order valence-electron chi connectivity index (χ3n) is 3.13. The van der Waals surface area contributed by atoms with Gasteiger partial charge < -0.3 is 16.0 Å². The Bertz CT molecular complexity index is 531. The van der Waals surface area contributed by atoms with Crippen LogP contribution in [-0.4, -0.2) is 10.1 Å². The molecule has 0 amide bonds. The summed E-state index contributed by atoms with van der Waals surface area (Å²) >= 11 is 0. The molecular weight excluding hydrogens is 240 g/mol. The molecule has 1 unspecified atom stereocenters. The van der Waals surface area contributed by atoms with Gasteiger partial charge in [-0.1, -0.05) is 42.8 Å². The van der Waals surface area contributed by atoms with E-state index >= 15 is 0 Å². The van der Waals surface area contributed by atoms with Gasteiger partial charge in [-0.05, 0) is 18.9 Å². The Kier molecular flexibility index (Phi) is 3.97. The summed E-state index contributed by atoms with van der Waals surface area (Å²) in [7, 11) is 0. The smallest absolute Gasteiger partial charge is 0.246 e. The first-order chi connectivity index (χ1) is 9.06. The Morgan fingerprint density at radius 2 is 1.95 bits per heavy atom. The maximum Gasteiger partial charge on any atom is 0.246 e. The van der Waals surface area contributed by atoms with Crippen LogP contribution in [0.5, 0.6) is 0 Å². The van der Waals surface area contributed by atoms with Crippen LogP contribution in [0.1, 0.15) is 38.1 Å². The van der Waals surface area contributed by atoms with Crippen LogP contribution in [0.2, 0.25) is 0 Å². The van der Waals surface area contributed by atoms with Crippen LogP contribution in [0, 0.1) is 0 Å². The van der Waals surface area contributed by atoms with Crippen molar-refractivity contribution in [3.05, 3.63) is 35.7 Å². The van der Waals surface area contributed by atoms with Crippen molar-refractivity contribution < 1.29 is 4.52 Å². The number of nitrogens with two attached hydrogens (primary N) is 2. The summed E-state index contributed by atoms with van der Waals surface area (Å²) in [5.74, 6) is 1.04. The van der Waals surface area contributed by atoms with E-state index in [1.165, 1.54) is 0 Å². The number of hydrogen-bond donors (Lipinski definition) is 2. The zero-order chi connectivity index (χ0) is 13.9. The van der Waals surface area contributed by atoms with Crippen molar-refractivity contribution in [3.8, 4) is 11.4 Å². The fourth-order valence-electron chi connectivity index (χ4n) is 1.99. The van der Waals surface area contributed by atoms with Crippen LogP contribution >= 0.6 is 0 Å². The van der Waals surface area contributed by atoms with Crippen LogP contribution in [0.3, 0.4) is 0 Å². The van der Waals surface area contributed by atoms with E-state index in [0.29, 0.717) is 18.3 Å². The van der Waals surface area contributed by atoms with Crippen molar-refractivity contribution in [2.75, 3.05) is 0 Å². The summed E-state index contributed by atoms with van der Waals surface area (Å²) in [5.41, 5.74) is 13.1. The molecule has 0 saturated carbocycles. The van der Waals surface area contributed by atoms with Gasteiger partial charge in [-0.25, -0.2) is 0 Å². The van der Waals surface area contributed by atoms with Crippen molar-refractivity contribution in [2.45, 2.75) is 38.8 Å². The summed E-state index contributed by atoms with van der Waals surface area (Å²) in [5, 5.41) is 3.99. The third kappa shape index (κ3) is 3.00. The third-order valence-corrected chi connectivity index (χ3v) is 3.13. The molecule has 0 aliphatic heterocycles. The Morgan fingerprint density at radius 1 is 1.26 bits per heavy atom. The van der Waals surface area contributed by atoms with E-state index in [9.17, 15) is 0 Å². The highest BCUT2D eigenvalue weighted by Gasteiger charge is 2.27. The van der Waals surface area contributed by atoms with Crippen molar-refractivity contribution in [1.29, 1.82) is 0 Å². The molecule has 0 aliphatic rings. The van der Waals surface area contributed by atoms with Gasteiger partial charge >= 0.3 is 0 Å². The molecule has 0 saturated heterocycles. The lowest BCUT2D eigenvalue weighted by atomic mass is 9.98. The highest BCUT2D eigenvalue weighted by molar-refractivity contribution is 5.54. The van der Waals surface area contributed by atoms with E-state index in [1.807, 2.05) is 31.2 Å². The van der Waals surface area contributed by atoms with E-state index in [0.717, 1.165) is 24.0 Å². The SMILES string of the molecule is CCCC(C)(N)c1nc(-c2ccc(CN)cc2)no1. The van der Waals surface area contributed by atoms with Gasteiger partial charge in [0.05, 0.1) is 5.54 Å². The van der Waals surface area contributed by atoms with Gasteiger partial charge in [-0.2, -0.15) is 4.98 Å². The molecule has 1 heterocycles. The molecule has 0 spiro atoms. The highest BCUT2D eigenvalue weighted by Crippen LogP contribution is 2.24. The molecule has 0 radical (unpaired) electrons. The van der Waals surface area contributed by atoms with Gasteiger partial charge in [0.25, 0.3) is 0 Å². The quantitative estimate of drug-likeness (QED) is 0.859. The van der Waals surface area contributed by atoms with Crippen LogP contribution in [-0.2, 0) is 12.1 Å². The molecule has 0 bridgehead atoms. The second-order valence-corrected chi connectivity index (χ2v) is 4.99. The first-order valence-corrected chi connectivity index (χ1v) is 6.49. The molecule has 1 atom stereocenters. The minimum atomic E-state index is -0.572. The summed E-state index contributed by atoms with van der Waals surface area (Å²) in [6, 6.07) is 7.78. The van der Waals surface area contributed by atoms with Crippen molar-refractivity contribution in [2.24, 2.45) is 11.5 Å². The first-order valence-electron chi connectivity index (χ1n) is 6.49. The van der Waals surface area contributed by atoms with E-state index in [1.54, 1.807) is 0 Å². The minimum absolute atomic E-state index is 0.479. The van der Waals surface area contributed by atoms with E-state index in [-0.39, 0.29) is 0 Å². The van der Waals surface area contributed by atoms with Crippen LogP contribution in [0.15, 0.2) is 28.8 Å². The summed E-state index contributed by atoms with van der Waals surface area (Å²) in [6.07, 6.45) is 1.77. The van der Waals surface area contributed by atoms with Gasteiger partial charge in [0.2, 0.25) is 11.7 Å². The maximum atomic E-state index is 6.17. The maximum absolute atomic E-state index is 6.17. The van der Waals surface area contributed by atoms with Gasteiger partial charge in [-0.15, -0.1) is 0 Å². The van der Waals surface area contributed by atoms with Crippen LogP contribution in [0.4, 0.5) is 0 Å².